The zero-order valence-electron chi connectivity index (χ0n) is 14.8. The Kier molecular flexibility index (Phi) is 5.34. The maximum absolute atomic E-state index is 12.7. The lowest BCUT2D eigenvalue weighted by atomic mass is 9.87. The number of aryl methyl sites for hydroxylation is 1. The molecule has 142 valence electrons. The quantitative estimate of drug-likeness (QED) is 0.830. The molecule has 1 fully saturated rings. The summed E-state index contributed by atoms with van der Waals surface area (Å²) in [6.07, 6.45) is 3.67. The van der Waals surface area contributed by atoms with Crippen LogP contribution in [0.15, 0.2) is 23.1 Å². The normalized spacial score (nSPS) is 23.3. The van der Waals surface area contributed by atoms with Crippen molar-refractivity contribution in [3.63, 3.8) is 0 Å². The van der Waals surface area contributed by atoms with Gasteiger partial charge in [0.05, 0.1) is 10.8 Å². The van der Waals surface area contributed by atoms with Crippen molar-refractivity contribution in [2.45, 2.75) is 56.4 Å². The van der Waals surface area contributed by atoms with Crippen LogP contribution in [0.2, 0.25) is 0 Å². The Bertz CT molecular complexity index is 813. The first-order valence-electron chi connectivity index (χ1n) is 8.94. The fourth-order valence-electron chi connectivity index (χ4n) is 3.79. The number of aliphatic carboxylic acids is 1. The Morgan fingerprint density at radius 2 is 1.88 bits per heavy atom. The minimum absolute atomic E-state index is 0.0968. The molecule has 8 heteroatoms. The van der Waals surface area contributed by atoms with Gasteiger partial charge in [0.25, 0.3) is 0 Å². The highest BCUT2D eigenvalue weighted by molar-refractivity contribution is 7.89. The Balaban J connectivity index is 1.77. The van der Waals surface area contributed by atoms with Crippen LogP contribution < -0.4 is 9.62 Å². The molecule has 0 spiro atoms. The smallest absolute Gasteiger partial charge is 0.306 e. The lowest BCUT2D eigenvalue weighted by molar-refractivity contribution is -0.142. The van der Waals surface area contributed by atoms with Gasteiger partial charge in [-0.15, -0.1) is 0 Å². The van der Waals surface area contributed by atoms with Gasteiger partial charge in [-0.1, -0.05) is 6.07 Å². The van der Waals surface area contributed by atoms with E-state index in [1.807, 2.05) is 0 Å². The van der Waals surface area contributed by atoms with Gasteiger partial charge in [0.2, 0.25) is 15.9 Å². The van der Waals surface area contributed by atoms with Gasteiger partial charge in [0.1, 0.15) is 0 Å². The first-order chi connectivity index (χ1) is 12.3. The minimum atomic E-state index is -3.72. The van der Waals surface area contributed by atoms with Crippen LogP contribution in [0.5, 0.6) is 0 Å². The van der Waals surface area contributed by atoms with Crippen molar-refractivity contribution in [1.29, 1.82) is 0 Å². The van der Waals surface area contributed by atoms with E-state index in [9.17, 15) is 18.0 Å². The number of nitrogens with zero attached hydrogens (tertiary/aromatic N) is 1. The van der Waals surface area contributed by atoms with Crippen LogP contribution in [0, 0.1) is 5.92 Å². The molecule has 2 N–H and O–H groups in total. The van der Waals surface area contributed by atoms with E-state index in [1.54, 1.807) is 23.1 Å². The molecule has 0 atom stereocenters. The zero-order chi connectivity index (χ0) is 18.9. The number of amides is 1. The Labute approximate surface area is 153 Å². The molecule has 0 radical (unpaired) electrons. The monoisotopic (exact) mass is 380 g/mol. The van der Waals surface area contributed by atoms with Crippen LogP contribution >= 0.6 is 0 Å². The zero-order valence-corrected chi connectivity index (χ0v) is 15.6. The maximum Gasteiger partial charge on any atom is 0.306 e. The molecule has 26 heavy (non-hydrogen) atoms. The van der Waals surface area contributed by atoms with Crippen molar-refractivity contribution < 1.29 is 23.1 Å². The third-order valence-corrected chi connectivity index (χ3v) is 6.78. The lowest BCUT2D eigenvalue weighted by Gasteiger charge is -2.29. The number of carbonyl (C=O) groups excluding carboxylic acids is 1. The predicted molar refractivity (Wildman–Crippen MR) is 96.5 cm³/mol. The maximum atomic E-state index is 12.7. The Hall–Kier alpha value is -1.93. The summed E-state index contributed by atoms with van der Waals surface area (Å²) in [7, 11) is -3.72. The highest BCUT2D eigenvalue weighted by atomic mass is 32.2. The Morgan fingerprint density at radius 1 is 1.19 bits per heavy atom. The third kappa shape index (κ3) is 3.91. The van der Waals surface area contributed by atoms with E-state index in [0.717, 1.165) is 18.4 Å². The molecule has 2 aliphatic rings. The molecule has 0 unspecified atom stereocenters. The van der Waals surface area contributed by atoms with Gasteiger partial charge in [-0.3, -0.25) is 9.59 Å². The van der Waals surface area contributed by atoms with E-state index in [2.05, 4.69) is 4.72 Å². The van der Waals surface area contributed by atoms with Crippen LogP contribution in [0.1, 0.15) is 44.6 Å². The first-order valence-corrected chi connectivity index (χ1v) is 10.4. The lowest BCUT2D eigenvalue weighted by Crippen LogP contribution is -2.39. The number of hydrogen-bond acceptors (Lipinski definition) is 4. The topological polar surface area (TPSA) is 104 Å². The van der Waals surface area contributed by atoms with E-state index < -0.39 is 16.0 Å². The molecule has 7 nitrogen and oxygen atoms in total. The molecule has 1 amide bonds. The number of carboxylic acids is 1. The fourth-order valence-corrected chi connectivity index (χ4v) is 5.12. The van der Waals surface area contributed by atoms with Gasteiger partial charge >= 0.3 is 5.97 Å². The highest BCUT2D eigenvalue weighted by Gasteiger charge is 2.30. The summed E-state index contributed by atoms with van der Waals surface area (Å²) < 4.78 is 28.2. The number of benzene rings is 1. The van der Waals surface area contributed by atoms with Crippen molar-refractivity contribution in [3.05, 3.63) is 23.8 Å². The van der Waals surface area contributed by atoms with Crippen LogP contribution in [0.3, 0.4) is 0 Å². The molecule has 3 rings (SSSR count). The molecule has 0 bridgehead atoms. The van der Waals surface area contributed by atoms with Gasteiger partial charge < -0.3 is 10.0 Å². The molecule has 1 aliphatic carbocycles. The van der Waals surface area contributed by atoms with Crippen LogP contribution in [0.25, 0.3) is 0 Å². The van der Waals surface area contributed by atoms with E-state index >= 15 is 0 Å². The van der Waals surface area contributed by atoms with Crippen molar-refractivity contribution >= 4 is 27.6 Å². The van der Waals surface area contributed by atoms with E-state index in [-0.39, 0.29) is 22.8 Å². The van der Waals surface area contributed by atoms with Gasteiger partial charge in [0.15, 0.2) is 0 Å². The number of sulfonamides is 1. The number of carbonyl (C=O) groups is 2. The van der Waals surface area contributed by atoms with E-state index in [1.165, 1.54) is 6.92 Å². The summed E-state index contributed by atoms with van der Waals surface area (Å²) in [6, 6.07) is 4.67. The number of rotatable bonds is 4. The molecule has 1 aliphatic heterocycles. The number of nitrogens with one attached hydrogen (secondary N) is 1. The van der Waals surface area contributed by atoms with E-state index in [4.69, 9.17) is 5.11 Å². The standard InChI is InChI=1S/C18H24N2O5S/c1-12(21)20-10-2-3-13-6-9-16(11-17(13)20)26(24,25)19-15-7-4-14(5-8-15)18(22)23/h6,9,11,14-15,19H,2-5,7-8,10H2,1H3,(H,22,23). The van der Waals surface area contributed by atoms with Crippen molar-refractivity contribution in [1.82, 2.24) is 4.72 Å². The number of anilines is 1. The van der Waals surface area contributed by atoms with E-state index in [0.29, 0.717) is 37.9 Å². The highest BCUT2D eigenvalue weighted by Crippen LogP contribution is 2.31. The van der Waals surface area contributed by atoms with Gasteiger partial charge in [-0.25, -0.2) is 13.1 Å². The number of hydrogen-bond donors (Lipinski definition) is 2. The molecular formula is C18H24N2O5S. The van der Waals surface area contributed by atoms with Crippen molar-refractivity contribution in [3.8, 4) is 0 Å². The number of carboxylic acid groups (broad SMARTS) is 1. The molecule has 0 saturated heterocycles. The van der Waals surface area contributed by atoms with Crippen LogP contribution in [0.4, 0.5) is 5.69 Å². The van der Waals surface area contributed by atoms with Crippen molar-refractivity contribution in [2.24, 2.45) is 5.92 Å². The molecule has 0 aromatic heterocycles. The minimum Gasteiger partial charge on any atom is -0.481 e. The second-order valence-corrected chi connectivity index (χ2v) is 8.79. The summed E-state index contributed by atoms with van der Waals surface area (Å²) in [4.78, 5) is 24.6. The summed E-state index contributed by atoms with van der Waals surface area (Å²) in [5.41, 5.74) is 1.65. The first kappa shape index (κ1) is 18.8. The summed E-state index contributed by atoms with van der Waals surface area (Å²) in [5.74, 6) is -1.30. The predicted octanol–water partition coefficient (Wildman–Crippen LogP) is 1.91. The Morgan fingerprint density at radius 3 is 2.50 bits per heavy atom. The van der Waals surface area contributed by atoms with Gasteiger partial charge in [-0.2, -0.15) is 0 Å². The SMILES string of the molecule is CC(=O)N1CCCc2ccc(S(=O)(=O)NC3CCC(C(=O)O)CC3)cc21. The fraction of sp³-hybridized carbons (Fsp3) is 0.556. The van der Waals surface area contributed by atoms with Crippen molar-refractivity contribution in [2.75, 3.05) is 11.4 Å². The van der Waals surface area contributed by atoms with Gasteiger partial charge in [-0.05, 0) is 56.2 Å². The average molecular weight is 380 g/mol. The number of fused-ring (bicyclic) bond motifs is 1. The molecule has 1 saturated carbocycles. The molecular weight excluding hydrogens is 356 g/mol. The van der Waals surface area contributed by atoms with Gasteiger partial charge in [0, 0.05) is 25.2 Å². The largest absolute Gasteiger partial charge is 0.481 e. The molecule has 1 aromatic carbocycles. The summed E-state index contributed by atoms with van der Waals surface area (Å²) in [6.45, 7) is 2.08. The van der Waals surface area contributed by atoms with Crippen LogP contribution in [-0.2, 0) is 26.0 Å². The summed E-state index contributed by atoms with van der Waals surface area (Å²) in [5, 5.41) is 9.05. The third-order valence-electron chi connectivity index (χ3n) is 5.26. The second-order valence-electron chi connectivity index (χ2n) is 7.07. The summed E-state index contributed by atoms with van der Waals surface area (Å²) >= 11 is 0. The average Bonchev–Trinajstić information content (AvgIpc) is 2.60. The molecule has 1 aromatic rings. The van der Waals surface area contributed by atoms with Crippen LogP contribution in [-0.4, -0.2) is 38.0 Å². The second kappa shape index (κ2) is 7.36. The molecule has 1 heterocycles.